The highest BCUT2D eigenvalue weighted by Crippen LogP contribution is 2.33. The largest absolute Gasteiger partial charge is 0.356 e. The topological polar surface area (TPSA) is 92.1 Å². The molecule has 1 aromatic carbocycles. The molecular weight excluding hydrogens is 363 g/mol. The molecule has 2 aromatic heterocycles. The molecule has 0 saturated carbocycles. The summed E-state index contributed by atoms with van der Waals surface area (Å²) in [6.07, 6.45) is 1.36. The molecule has 3 heterocycles. The van der Waals surface area contributed by atoms with Crippen molar-refractivity contribution in [2.75, 3.05) is 13.1 Å². The predicted octanol–water partition coefficient (Wildman–Crippen LogP) is 2.89. The van der Waals surface area contributed by atoms with Gasteiger partial charge in [0.25, 0.3) is 11.5 Å². The SMILES string of the molecule is Cc1cc(-c2cc(=O)[nH]nc2C2CCN(C(=O)c3cccc(F)c3)CC2)on1. The van der Waals surface area contributed by atoms with Crippen LogP contribution in [0.3, 0.4) is 0 Å². The quantitative estimate of drug-likeness (QED) is 0.752. The van der Waals surface area contributed by atoms with E-state index in [1.807, 2.05) is 6.92 Å². The number of carbonyl (C=O) groups excluding carboxylic acids is 1. The van der Waals surface area contributed by atoms with E-state index in [4.69, 9.17) is 4.52 Å². The number of likely N-dealkylation sites (tertiary alicyclic amines) is 1. The normalized spacial score (nSPS) is 15.0. The molecule has 1 fully saturated rings. The summed E-state index contributed by atoms with van der Waals surface area (Å²) in [5, 5.41) is 10.6. The minimum Gasteiger partial charge on any atom is -0.356 e. The zero-order valence-corrected chi connectivity index (χ0v) is 15.3. The van der Waals surface area contributed by atoms with Crippen LogP contribution in [-0.2, 0) is 0 Å². The summed E-state index contributed by atoms with van der Waals surface area (Å²) in [6.45, 7) is 2.86. The Morgan fingerprint density at radius 1 is 1.25 bits per heavy atom. The van der Waals surface area contributed by atoms with Gasteiger partial charge in [-0.05, 0) is 38.0 Å². The second kappa shape index (κ2) is 7.38. The van der Waals surface area contributed by atoms with Gasteiger partial charge in [-0.15, -0.1) is 0 Å². The Morgan fingerprint density at radius 2 is 2.04 bits per heavy atom. The number of amides is 1. The highest BCUT2D eigenvalue weighted by atomic mass is 19.1. The molecule has 144 valence electrons. The van der Waals surface area contributed by atoms with E-state index in [-0.39, 0.29) is 17.4 Å². The van der Waals surface area contributed by atoms with Crippen molar-refractivity contribution in [3.05, 3.63) is 69.5 Å². The molecule has 0 unspecified atom stereocenters. The van der Waals surface area contributed by atoms with Gasteiger partial charge in [0.2, 0.25) is 0 Å². The minimum atomic E-state index is -0.426. The third-order valence-corrected chi connectivity index (χ3v) is 4.97. The van der Waals surface area contributed by atoms with Gasteiger partial charge in [0, 0.05) is 42.3 Å². The van der Waals surface area contributed by atoms with Gasteiger partial charge in [-0.1, -0.05) is 11.2 Å². The average molecular weight is 382 g/mol. The van der Waals surface area contributed by atoms with Crippen molar-refractivity contribution < 1.29 is 13.7 Å². The molecule has 0 bridgehead atoms. The Morgan fingerprint density at radius 3 is 2.71 bits per heavy atom. The van der Waals surface area contributed by atoms with Crippen LogP contribution in [0.2, 0.25) is 0 Å². The lowest BCUT2D eigenvalue weighted by atomic mass is 9.90. The third-order valence-electron chi connectivity index (χ3n) is 4.97. The highest BCUT2D eigenvalue weighted by molar-refractivity contribution is 5.94. The number of aromatic amines is 1. The Balaban J connectivity index is 1.53. The standard InChI is InChI=1S/C20H19FN4O3/c1-12-9-17(28-24-12)16-11-18(26)22-23-19(16)13-5-7-25(8-6-13)20(27)14-3-2-4-15(21)10-14/h2-4,9-11,13H,5-8H2,1H3,(H,22,26). The van der Waals surface area contributed by atoms with Crippen LogP contribution in [0.1, 0.15) is 40.5 Å². The summed E-state index contributed by atoms with van der Waals surface area (Å²) in [6, 6.07) is 8.95. The molecule has 3 aromatic rings. The minimum absolute atomic E-state index is 0.0637. The van der Waals surface area contributed by atoms with Gasteiger partial charge in [-0.25, -0.2) is 9.49 Å². The van der Waals surface area contributed by atoms with Crippen molar-refractivity contribution >= 4 is 5.91 Å². The van der Waals surface area contributed by atoms with Gasteiger partial charge >= 0.3 is 0 Å². The summed E-state index contributed by atoms with van der Waals surface area (Å²) in [5.41, 5.74) is 2.11. The summed E-state index contributed by atoms with van der Waals surface area (Å²) in [5.74, 6) is -0.0400. The van der Waals surface area contributed by atoms with Gasteiger partial charge in [-0.3, -0.25) is 9.59 Å². The van der Waals surface area contributed by atoms with Crippen LogP contribution in [0.25, 0.3) is 11.3 Å². The molecule has 1 amide bonds. The summed E-state index contributed by atoms with van der Waals surface area (Å²) >= 11 is 0. The first-order chi connectivity index (χ1) is 13.5. The zero-order chi connectivity index (χ0) is 19.7. The fourth-order valence-corrected chi connectivity index (χ4v) is 3.57. The molecule has 0 aliphatic carbocycles. The van der Waals surface area contributed by atoms with Gasteiger partial charge in [-0.2, -0.15) is 5.10 Å². The number of piperidine rings is 1. The van der Waals surface area contributed by atoms with Crippen LogP contribution in [0, 0.1) is 12.7 Å². The Bertz CT molecular complexity index is 1070. The van der Waals surface area contributed by atoms with Crippen LogP contribution in [0.15, 0.2) is 45.7 Å². The first-order valence-electron chi connectivity index (χ1n) is 9.09. The van der Waals surface area contributed by atoms with Crippen LogP contribution in [0.4, 0.5) is 4.39 Å². The van der Waals surface area contributed by atoms with E-state index in [0.29, 0.717) is 42.8 Å². The van der Waals surface area contributed by atoms with Crippen molar-refractivity contribution in [1.82, 2.24) is 20.3 Å². The van der Waals surface area contributed by atoms with Crippen molar-refractivity contribution in [3.63, 3.8) is 0 Å². The fraction of sp³-hybridized carbons (Fsp3) is 0.300. The van der Waals surface area contributed by atoms with E-state index in [0.717, 1.165) is 11.4 Å². The Labute approximate surface area is 160 Å². The second-order valence-electron chi connectivity index (χ2n) is 6.94. The molecule has 4 rings (SSSR count). The lowest BCUT2D eigenvalue weighted by Gasteiger charge is -2.32. The third kappa shape index (κ3) is 3.58. The molecule has 1 saturated heterocycles. The van der Waals surface area contributed by atoms with Gasteiger partial charge in [0.1, 0.15) is 5.82 Å². The number of halogens is 1. The van der Waals surface area contributed by atoms with E-state index in [2.05, 4.69) is 15.4 Å². The average Bonchev–Trinajstić information content (AvgIpc) is 3.14. The van der Waals surface area contributed by atoms with Crippen molar-refractivity contribution in [3.8, 4) is 11.3 Å². The van der Waals surface area contributed by atoms with Crippen molar-refractivity contribution in [1.29, 1.82) is 0 Å². The van der Waals surface area contributed by atoms with Crippen molar-refractivity contribution in [2.24, 2.45) is 0 Å². The van der Waals surface area contributed by atoms with E-state index >= 15 is 0 Å². The molecule has 0 radical (unpaired) electrons. The molecule has 0 atom stereocenters. The summed E-state index contributed by atoms with van der Waals surface area (Å²) < 4.78 is 18.7. The van der Waals surface area contributed by atoms with Crippen molar-refractivity contribution in [2.45, 2.75) is 25.7 Å². The van der Waals surface area contributed by atoms with Crippen LogP contribution in [-0.4, -0.2) is 39.3 Å². The van der Waals surface area contributed by atoms with Crippen LogP contribution < -0.4 is 5.56 Å². The molecule has 1 N–H and O–H groups in total. The maximum atomic E-state index is 13.4. The number of hydrogen-bond acceptors (Lipinski definition) is 5. The number of carbonyl (C=O) groups is 1. The van der Waals surface area contributed by atoms with Gasteiger partial charge < -0.3 is 9.42 Å². The van der Waals surface area contributed by atoms with Gasteiger partial charge in [0.05, 0.1) is 11.4 Å². The maximum absolute atomic E-state index is 13.4. The monoisotopic (exact) mass is 382 g/mol. The fourth-order valence-electron chi connectivity index (χ4n) is 3.57. The maximum Gasteiger partial charge on any atom is 0.264 e. The predicted molar refractivity (Wildman–Crippen MR) is 99.4 cm³/mol. The molecular formula is C20H19FN4O3. The Hall–Kier alpha value is -3.29. The zero-order valence-electron chi connectivity index (χ0n) is 15.3. The van der Waals surface area contributed by atoms with E-state index in [1.165, 1.54) is 24.3 Å². The molecule has 28 heavy (non-hydrogen) atoms. The first-order valence-corrected chi connectivity index (χ1v) is 9.09. The van der Waals surface area contributed by atoms with E-state index in [1.54, 1.807) is 17.0 Å². The number of H-pyrrole nitrogens is 1. The number of nitrogens with zero attached hydrogens (tertiary/aromatic N) is 3. The molecule has 8 heteroatoms. The number of aromatic nitrogens is 3. The summed E-state index contributed by atoms with van der Waals surface area (Å²) in [7, 11) is 0. The van der Waals surface area contributed by atoms with E-state index in [9.17, 15) is 14.0 Å². The van der Waals surface area contributed by atoms with Crippen LogP contribution in [0.5, 0.6) is 0 Å². The van der Waals surface area contributed by atoms with Gasteiger partial charge in [0.15, 0.2) is 5.76 Å². The Kier molecular flexibility index (Phi) is 4.77. The lowest BCUT2D eigenvalue weighted by Crippen LogP contribution is -2.38. The number of rotatable bonds is 3. The molecule has 1 aliphatic rings. The molecule has 7 nitrogen and oxygen atoms in total. The first kappa shape index (κ1) is 18.1. The summed E-state index contributed by atoms with van der Waals surface area (Å²) in [4.78, 5) is 26.1. The lowest BCUT2D eigenvalue weighted by molar-refractivity contribution is 0.0711. The molecule has 1 aliphatic heterocycles. The number of aryl methyl sites for hydroxylation is 1. The number of nitrogens with one attached hydrogen (secondary N) is 1. The second-order valence-corrected chi connectivity index (χ2v) is 6.94. The number of benzene rings is 1. The van der Waals surface area contributed by atoms with Crippen LogP contribution >= 0.6 is 0 Å². The molecule has 0 spiro atoms. The number of hydrogen-bond donors (Lipinski definition) is 1. The van der Waals surface area contributed by atoms with E-state index < -0.39 is 5.82 Å². The smallest absolute Gasteiger partial charge is 0.264 e. The highest BCUT2D eigenvalue weighted by Gasteiger charge is 2.28.